The summed E-state index contributed by atoms with van der Waals surface area (Å²) in [4.78, 5) is 24.9. The standard InChI is InChI=1S/C24H30N2O3/c1-3-4-5-10-17(2)29-22-16-7-6-14-21(22)26-24(28)23(27)25-20-15-9-12-18-11-8-13-19(18)20/h6-7,9,12,14-17H,3-5,8,10-11,13H2,1-2H3,(H,25,27)(H,26,28). The molecule has 0 saturated heterocycles. The van der Waals surface area contributed by atoms with Crippen molar-refractivity contribution in [3.63, 3.8) is 0 Å². The number of anilines is 2. The second-order valence-electron chi connectivity index (χ2n) is 7.63. The number of carbonyl (C=O) groups is 2. The molecular formula is C24H30N2O3. The van der Waals surface area contributed by atoms with Gasteiger partial charge >= 0.3 is 11.8 Å². The number of unbranched alkanes of at least 4 members (excludes halogenated alkanes) is 2. The van der Waals surface area contributed by atoms with E-state index in [0.29, 0.717) is 11.4 Å². The molecule has 5 heteroatoms. The first kappa shape index (κ1) is 20.9. The Balaban J connectivity index is 1.62. The zero-order valence-electron chi connectivity index (χ0n) is 17.3. The number of carbonyl (C=O) groups excluding carboxylic acids is 2. The Morgan fingerprint density at radius 2 is 1.69 bits per heavy atom. The van der Waals surface area contributed by atoms with E-state index in [9.17, 15) is 9.59 Å². The SMILES string of the molecule is CCCCCC(C)Oc1ccccc1NC(=O)C(=O)Nc1cccc2c1CCC2. The molecule has 5 nitrogen and oxygen atoms in total. The third-order valence-electron chi connectivity index (χ3n) is 5.28. The van der Waals surface area contributed by atoms with E-state index in [1.54, 1.807) is 6.07 Å². The maximum Gasteiger partial charge on any atom is 0.314 e. The van der Waals surface area contributed by atoms with E-state index in [0.717, 1.165) is 43.4 Å². The molecular weight excluding hydrogens is 364 g/mol. The molecule has 2 amide bonds. The lowest BCUT2D eigenvalue weighted by Crippen LogP contribution is -2.29. The van der Waals surface area contributed by atoms with Gasteiger partial charge in [0.2, 0.25) is 0 Å². The molecule has 3 rings (SSSR count). The Labute approximate surface area is 172 Å². The summed E-state index contributed by atoms with van der Waals surface area (Å²) in [6, 6.07) is 13.1. The van der Waals surface area contributed by atoms with E-state index in [-0.39, 0.29) is 6.10 Å². The first-order valence-electron chi connectivity index (χ1n) is 10.6. The van der Waals surface area contributed by atoms with Crippen molar-refractivity contribution in [3.8, 4) is 5.75 Å². The van der Waals surface area contributed by atoms with Gasteiger partial charge in [-0.15, -0.1) is 0 Å². The number of aryl methyl sites for hydroxylation is 1. The summed E-state index contributed by atoms with van der Waals surface area (Å²) in [5.74, 6) is -0.787. The molecule has 2 N–H and O–H groups in total. The highest BCUT2D eigenvalue weighted by Crippen LogP contribution is 2.29. The molecule has 1 atom stereocenters. The average Bonchev–Trinajstić information content (AvgIpc) is 3.19. The van der Waals surface area contributed by atoms with Crippen LogP contribution in [0.15, 0.2) is 42.5 Å². The Morgan fingerprint density at radius 3 is 2.48 bits per heavy atom. The summed E-state index contributed by atoms with van der Waals surface area (Å²) in [6.45, 7) is 4.20. The quantitative estimate of drug-likeness (QED) is 0.483. The van der Waals surface area contributed by atoms with E-state index < -0.39 is 11.8 Å². The molecule has 154 valence electrons. The van der Waals surface area contributed by atoms with E-state index in [2.05, 4.69) is 23.6 Å². The van der Waals surface area contributed by atoms with Crippen LogP contribution in [-0.4, -0.2) is 17.9 Å². The maximum absolute atomic E-state index is 12.5. The van der Waals surface area contributed by atoms with E-state index in [1.165, 1.54) is 18.4 Å². The van der Waals surface area contributed by atoms with Gasteiger partial charge in [-0.3, -0.25) is 9.59 Å². The van der Waals surface area contributed by atoms with E-state index >= 15 is 0 Å². The molecule has 0 aliphatic heterocycles. The molecule has 0 radical (unpaired) electrons. The van der Waals surface area contributed by atoms with Crippen molar-refractivity contribution in [1.29, 1.82) is 0 Å². The fourth-order valence-electron chi connectivity index (χ4n) is 3.73. The molecule has 1 aliphatic rings. The van der Waals surface area contributed by atoms with Gasteiger partial charge in [-0.25, -0.2) is 0 Å². The number of fused-ring (bicyclic) bond motifs is 1. The molecule has 0 heterocycles. The zero-order chi connectivity index (χ0) is 20.6. The van der Waals surface area contributed by atoms with Crippen molar-refractivity contribution in [1.82, 2.24) is 0 Å². The third-order valence-corrected chi connectivity index (χ3v) is 5.28. The molecule has 1 unspecified atom stereocenters. The number of rotatable bonds is 8. The maximum atomic E-state index is 12.5. The second kappa shape index (κ2) is 10.1. The number of nitrogens with one attached hydrogen (secondary N) is 2. The predicted octanol–water partition coefficient (Wildman–Crippen LogP) is 5.10. The summed E-state index contributed by atoms with van der Waals surface area (Å²) in [5.41, 5.74) is 3.62. The summed E-state index contributed by atoms with van der Waals surface area (Å²) in [7, 11) is 0. The van der Waals surface area contributed by atoms with Gasteiger partial charge in [0.05, 0.1) is 11.8 Å². The summed E-state index contributed by atoms with van der Waals surface area (Å²) < 4.78 is 6.01. The van der Waals surface area contributed by atoms with Gasteiger partial charge in [0.15, 0.2) is 0 Å². The Hall–Kier alpha value is -2.82. The molecule has 29 heavy (non-hydrogen) atoms. The van der Waals surface area contributed by atoms with Gasteiger partial charge in [0.25, 0.3) is 0 Å². The van der Waals surface area contributed by atoms with Crippen molar-refractivity contribution < 1.29 is 14.3 Å². The highest BCUT2D eigenvalue weighted by Gasteiger charge is 2.20. The molecule has 0 fully saturated rings. The lowest BCUT2D eigenvalue weighted by atomic mass is 10.1. The smallest absolute Gasteiger partial charge is 0.314 e. The first-order chi connectivity index (χ1) is 14.1. The minimum Gasteiger partial charge on any atom is -0.489 e. The fourth-order valence-corrected chi connectivity index (χ4v) is 3.73. The highest BCUT2D eigenvalue weighted by molar-refractivity contribution is 6.43. The highest BCUT2D eigenvalue weighted by atomic mass is 16.5. The van der Waals surface area contributed by atoms with Crippen LogP contribution in [0.3, 0.4) is 0 Å². The summed E-state index contributed by atoms with van der Waals surface area (Å²) in [5, 5.41) is 5.46. The van der Waals surface area contributed by atoms with Crippen LogP contribution in [0, 0.1) is 0 Å². The van der Waals surface area contributed by atoms with Crippen molar-refractivity contribution in [2.75, 3.05) is 10.6 Å². The summed E-state index contributed by atoms with van der Waals surface area (Å²) >= 11 is 0. The number of ether oxygens (including phenoxy) is 1. The van der Waals surface area contributed by atoms with Crippen molar-refractivity contribution >= 4 is 23.2 Å². The Kier molecular flexibility index (Phi) is 7.28. The Bertz CT molecular complexity index is 863. The van der Waals surface area contributed by atoms with Gasteiger partial charge in [-0.1, -0.05) is 44.0 Å². The van der Waals surface area contributed by atoms with Crippen LogP contribution in [0.2, 0.25) is 0 Å². The van der Waals surface area contributed by atoms with Gasteiger partial charge in [0.1, 0.15) is 5.75 Å². The van der Waals surface area contributed by atoms with Gasteiger partial charge < -0.3 is 15.4 Å². The van der Waals surface area contributed by atoms with E-state index in [1.807, 2.05) is 37.3 Å². The van der Waals surface area contributed by atoms with Gasteiger partial charge in [-0.2, -0.15) is 0 Å². The monoisotopic (exact) mass is 394 g/mol. The molecule has 2 aromatic rings. The normalized spacial score (nSPS) is 13.4. The topological polar surface area (TPSA) is 67.4 Å². The van der Waals surface area contributed by atoms with Crippen LogP contribution in [0.4, 0.5) is 11.4 Å². The van der Waals surface area contributed by atoms with Crippen molar-refractivity contribution in [3.05, 3.63) is 53.6 Å². The Morgan fingerprint density at radius 1 is 0.966 bits per heavy atom. The zero-order valence-corrected chi connectivity index (χ0v) is 17.3. The van der Waals surface area contributed by atoms with E-state index in [4.69, 9.17) is 4.74 Å². The van der Waals surface area contributed by atoms with Crippen molar-refractivity contribution in [2.45, 2.75) is 64.9 Å². The molecule has 1 aliphatic carbocycles. The second-order valence-corrected chi connectivity index (χ2v) is 7.63. The minimum absolute atomic E-state index is 0.0420. The van der Waals surface area contributed by atoms with Crippen LogP contribution in [-0.2, 0) is 22.4 Å². The number of para-hydroxylation sites is 2. The van der Waals surface area contributed by atoms with Crippen molar-refractivity contribution in [2.24, 2.45) is 0 Å². The minimum atomic E-state index is -0.699. The van der Waals surface area contributed by atoms with Crippen LogP contribution in [0.1, 0.15) is 57.1 Å². The molecule has 0 saturated carbocycles. The number of benzene rings is 2. The molecule has 0 aromatic heterocycles. The number of hydrogen-bond acceptors (Lipinski definition) is 3. The largest absolute Gasteiger partial charge is 0.489 e. The predicted molar refractivity (Wildman–Crippen MR) is 116 cm³/mol. The van der Waals surface area contributed by atoms with Crippen LogP contribution >= 0.6 is 0 Å². The van der Waals surface area contributed by atoms with Crippen LogP contribution in [0.25, 0.3) is 0 Å². The fraction of sp³-hybridized carbons (Fsp3) is 0.417. The summed E-state index contributed by atoms with van der Waals surface area (Å²) in [6.07, 6.45) is 7.47. The average molecular weight is 395 g/mol. The molecule has 0 bridgehead atoms. The molecule has 0 spiro atoms. The van der Waals surface area contributed by atoms with Crippen LogP contribution < -0.4 is 15.4 Å². The lowest BCUT2D eigenvalue weighted by molar-refractivity contribution is -0.133. The number of hydrogen-bond donors (Lipinski definition) is 2. The van der Waals surface area contributed by atoms with Crippen LogP contribution in [0.5, 0.6) is 5.75 Å². The third kappa shape index (κ3) is 5.59. The van der Waals surface area contributed by atoms with Gasteiger partial charge in [-0.05, 0) is 68.4 Å². The lowest BCUT2D eigenvalue weighted by Gasteiger charge is -2.18. The van der Waals surface area contributed by atoms with Gasteiger partial charge in [0, 0.05) is 5.69 Å². The number of amides is 2. The first-order valence-corrected chi connectivity index (χ1v) is 10.6. The molecule has 2 aromatic carbocycles.